The van der Waals surface area contributed by atoms with Crippen molar-refractivity contribution in [1.29, 1.82) is 0 Å². The summed E-state index contributed by atoms with van der Waals surface area (Å²) in [7, 11) is 0. The minimum atomic E-state index is -1.25. The van der Waals surface area contributed by atoms with Crippen molar-refractivity contribution in [2.75, 3.05) is 44.6 Å². The summed E-state index contributed by atoms with van der Waals surface area (Å²) in [5.74, 6) is 3.39. The van der Waals surface area contributed by atoms with Crippen molar-refractivity contribution in [1.82, 2.24) is 30.0 Å². The van der Waals surface area contributed by atoms with Gasteiger partial charge in [0, 0.05) is 80.5 Å². The molecule has 0 bridgehead atoms. The van der Waals surface area contributed by atoms with Crippen molar-refractivity contribution in [3.63, 3.8) is 0 Å². The van der Waals surface area contributed by atoms with Gasteiger partial charge >= 0.3 is 0 Å². The van der Waals surface area contributed by atoms with Gasteiger partial charge in [0.15, 0.2) is 0 Å². The zero-order valence-electron chi connectivity index (χ0n) is 37.2. The highest BCUT2D eigenvalue weighted by molar-refractivity contribution is 6.24. The number of nitrogens with one attached hydrogen (secondary N) is 2. The topological polar surface area (TPSA) is 174 Å². The fraction of sp³-hybridized carbons (Fsp3) is 0.327. The van der Waals surface area contributed by atoms with E-state index in [9.17, 15) is 29.1 Å². The molecule has 3 aromatic carbocycles. The summed E-state index contributed by atoms with van der Waals surface area (Å²) >= 11 is 0. The van der Waals surface area contributed by atoms with Gasteiger partial charge < -0.3 is 20.1 Å². The number of rotatable bonds is 14. The SMILES string of the molecule is Cc1cc(NC(=O)c2ccc(CN3CCN(CCCC(C)(O)C#CCOc4cccc5c4C(=O)N(C4CCCC(=O)NC4=O)C5=O)CC3)cc2)ccc1Cc1cccc(-c2cccnc2)n1. The lowest BCUT2D eigenvalue weighted by Crippen LogP contribution is -2.49. The Hall–Kier alpha value is -7.05. The number of fused-ring (bicyclic) bond motifs is 1. The fourth-order valence-electron chi connectivity index (χ4n) is 8.66. The third-order valence-electron chi connectivity index (χ3n) is 12.3. The van der Waals surface area contributed by atoms with Crippen LogP contribution in [0.4, 0.5) is 5.69 Å². The Labute approximate surface area is 384 Å². The smallest absolute Gasteiger partial charge is 0.266 e. The van der Waals surface area contributed by atoms with E-state index in [0.29, 0.717) is 24.8 Å². The second-order valence-electron chi connectivity index (χ2n) is 17.3. The van der Waals surface area contributed by atoms with Crippen molar-refractivity contribution >= 4 is 35.2 Å². The van der Waals surface area contributed by atoms with Crippen LogP contribution >= 0.6 is 0 Å². The molecule has 3 N–H and O–H groups in total. The molecule has 0 saturated carbocycles. The van der Waals surface area contributed by atoms with Crippen molar-refractivity contribution < 1.29 is 33.8 Å². The second-order valence-corrected chi connectivity index (χ2v) is 17.3. The molecule has 3 aliphatic heterocycles. The van der Waals surface area contributed by atoms with Gasteiger partial charge in [-0.2, -0.15) is 0 Å². The lowest BCUT2D eigenvalue weighted by Gasteiger charge is -2.35. The number of anilines is 1. The molecule has 2 atom stereocenters. The van der Waals surface area contributed by atoms with Gasteiger partial charge in [-0.05, 0) is 123 Å². The van der Waals surface area contributed by atoms with Gasteiger partial charge in [-0.15, -0.1) is 0 Å². The van der Waals surface area contributed by atoms with Crippen LogP contribution in [0.2, 0.25) is 0 Å². The quantitative estimate of drug-likeness (QED) is 0.0907. The van der Waals surface area contributed by atoms with Crippen LogP contribution in [0.5, 0.6) is 5.75 Å². The predicted octanol–water partition coefficient (Wildman–Crippen LogP) is 5.82. The number of hydrogen-bond donors (Lipinski definition) is 3. The zero-order valence-corrected chi connectivity index (χ0v) is 37.2. The van der Waals surface area contributed by atoms with Crippen LogP contribution in [0.15, 0.2) is 103 Å². The molecule has 14 heteroatoms. The van der Waals surface area contributed by atoms with Crippen molar-refractivity contribution in [2.24, 2.45) is 0 Å². The molecule has 2 saturated heterocycles. The Morgan fingerprint density at radius 1 is 0.939 bits per heavy atom. The summed E-state index contributed by atoms with van der Waals surface area (Å²) in [5, 5.41) is 16.3. The van der Waals surface area contributed by atoms with Gasteiger partial charge in [0.25, 0.3) is 17.7 Å². The molecule has 0 spiro atoms. The Bertz CT molecular complexity index is 2690. The average Bonchev–Trinajstić information content (AvgIpc) is 3.44. The molecule has 0 radical (unpaired) electrons. The van der Waals surface area contributed by atoms with E-state index < -0.39 is 35.3 Å². The number of carbonyl (C=O) groups excluding carboxylic acids is 5. The maximum atomic E-state index is 13.4. The first-order valence-electron chi connectivity index (χ1n) is 22.4. The zero-order chi connectivity index (χ0) is 46.2. The highest BCUT2D eigenvalue weighted by Gasteiger charge is 2.45. The molecular weight excluding hydrogens is 835 g/mol. The Morgan fingerprint density at radius 2 is 1.73 bits per heavy atom. The summed E-state index contributed by atoms with van der Waals surface area (Å²) < 4.78 is 5.82. The molecule has 338 valence electrons. The van der Waals surface area contributed by atoms with Crippen LogP contribution < -0.4 is 15.4 Å². The third-order valence-corrected chi connectivity index (χ3v) is 12.3. The highest BCUT2D eigenvalue weighted by Crippen LogP contribution is 2.34. The molecular formula is C52H53N7O7. The number of amides is 5. The number of aryl methyl sites for hydroxylation is 1. The summed E-state index contributed by atoms with van der Waals surface area (Å²) in [5.41, 5.74) is 6.45. The van der Waals surface area contributed by atoms with E-state index in [4.69, 9.17) is 9.72 Å². The Kier molecular flexibility index (Phi) is 14.1. The molecule has 0 aliphatic carbocycles. The lowest BCUT2D eigenvalue weighted by molar-refractivity contribution is -0.131. The molecule has 66 heavy (non-hydrogen) atoms. The van der Waals surface area contributed by atoms with Crippen LogP contribution in [0.1, 0.15) is 92.5 Å². The van der Waals surface area contributed by atoms with Crippen molar-refractivity contribution in [3.8, 4) is 28.8 Å². The first-order valence-corrected chi connectivity index (χ1v) is 22.4. The van der Waals surface area contributed by atoms with E-state index in [-0.39, 0.29) is 42.2 Å². The van der Waals surface area contributed by atoms with Crippen molar-refractivity contribution in [3.05, 3.63) is 142 Å². The number of hydrogen-bond acceptors (Lipinski definition) is 11. The van der Waals surface area contributed by atoms with Crippen LogP contribution in [0, 0.1) is 18.8 Å². The predicted molar refractivity (Wildman–Crippen MR) is 248 cm³/mol. The number of piperazine rings is 1. The Morgan fingerprint density at radius 3 is 2.50 bits per heavy atom. The monoisotopic (exact) mass is 887 g/mol. The maximum Gasteiger partial charge on any atom is 0.266 e. The minimum absolute atomic E-state index is 0.0564. The van der Waals surface area contributed by atoms with Gasteiger partial charge in [-0.3, -0.25) is 49.1 Å². The lowest BCUT2D eigenvalue weighted by atomic mass is 10.0. The summed E-state index contributed by atoms with van der Waals surface area (Å²) in [6.07, 6.45) is 6.15. The molecule has 3 aliphatic rings. The van der Waals surface area contributed by atoms with E-state index in [1.165, 1.54) is 6.07 Å². The molecule has 8 rings (SSSR count). The molecule has 14 nitrogen and oxygen atoms in total. The summed E-state index contributed by atoms with van der Waals surface area (Å²) in [6, 6.07) is 27.3. The number of pyridine rings is 2. The van der Waals surface area contributed by atoms with Crippen LogP contribution in [-0.2, 0) is 22.6 Å². The van der Waals surface area contributed by atoms with Crippen LogP contribution in [0.25, 0.3) is 11.3 Å². The van der Waals surface area contributed by atoms with Gasteiger partial charge in [0.05, 0.1) is 16.8 Å². The summed E-state index contributed by atoms with van der Waals surface area (Å²) in [6.45, 7) is 8.81. The van der Waals surface area contributed by atoms with Gasteiger partial charge in [-0.25, -0.2) is 0 Å². The largest absolute Gasteiger partial charge is 0.480 e. The number of aromatic nitrogens is 2. The minimum Gasteiger partial charge on any atom is -0.480 e. The number of benzene rings is 3. The average molecular weight is 888 g/mol. The van der Waals surface area contributed by atoms with Gasteiger partial charge in [0.2, 0.25) is 11.8 Å². The summed E-state index contributed by atoms with van der Waals surface area (Å²) in [4.78, 5) is 79.1. The number of aliphatic hydroxyl groups is 1. The third kappa shape index (κ3) is 11.1. The first kappa shape index (κ1) is 45.5. The van der Waals surface area contributed by atoms with E-state index in [2.05, 4.69) is 37.3 Å². The first-order chi connectivity index (χ1) is 31.9. The Balaban J connectivity index is 0.743. The number of ether oxygens (including phenoxy) is 1. The van der Waals surface area contributed by atoms with Gasteiger partial charge in [0.1, 0.15) is 24.0 Å². The highest BCUT2D eigenvalue weighted by atomic mass is 16.5. The van der Waals surface area contributed by atoms with Crippen LogP contribution in [0.3, 0.4) is 0 Å². The molecule has 2 unspecified atom stereocenters. The number of carbonyl (C=O) groups is 5. The number of nitrogens with zero attached hydrogens (tertiary/aromatic N) is 5. The molecule has 5 amide bonds. The van der Waals surface area contributed by atoms with E-state index in [0.717, 1.165) is 89.9 Å². The fourth-order valence-corrected chi connectivity index (χ4v) is 8.66. The van der Waals surface area contributed by atoms with Gasteiger partial charge in [-0.1, -0.05) is 42.2 Å². The standard InChI is InChI=1S/C52H53N7O7/c1-35-31-41(21-20-38(35)32-40-10-3-12-43(54-40)39-9-6-24-53-33-39)55-48(61)37-18-16-36(17-19-37)34-58-28-26-57(27-29-58)25-7-22-52(2,65)23-8-30-66-45-14-4-11-42-47(45)51(64)59(50(42)63)44-13-5-15-46(60)56-49(44)62/h3-4,6,9-12,14,16-21,24,31,33,44,65H,5,7,13,15,22,25-30,32,34H2,1-2H3,(H,55,61)(H,56,60,62). The van der Waals surface area contributed by atoms with Crippen LogP contribution in [-0.4, -0.2) is 110 Å². The van der Waals surface area contributed by atoms with E-state index in [1.807, 2.05) is 85.9 Å². The molecule has 2 fully saturated rings. The molecule has 5 heterocycles. The number of imide groups is 2. The van der Waals surface area contributed by atoms with E-state index in [1.54, 1.807) is 25.3 Å². The molecule has 2 aromatic heterocycles. The van der Waals surface area contributed by atoms with Crippen molar-refractivity contribution in [2.45, 2.75) is 70.6 Å². The molecule has 5 aromatic rings. The normalized spacial score (nSPS) is 17.6. The second kappa shape index (κ2) is 20.4. The maximum absolute atomic E-state index is 13.4. The van der Waals surface area contributed by atoms with E-state index >= 15 is 0 Å².